The van der Waals surface area contributed by atoms with Gasteiger partial charge in [-0.1, -0.05) is 0 Å². The molecule has 0 aromatic carbocycles. The minimum absolute atomic E-state index is 0.336. The van der Waals surface area contributed by atoms with E-state index in [-0.39, 0.29) is 0 Å². The molecule has 0 radical (unpaired) electrons. The van der Waals surface area contributed by atoms with Gasteiger partial charge in [-0.25, -0.2) is 0 Å². The lowest BCUT2D eigenvalue weighted by atomic mass is 10.1. The third-order valence-electron chi connectivity index (χ3n) is 3.96. The third kappa shape index (κ3) is 2.80. The molecular weight excluding hydrogens is 240 g/mol. The molecule has 1 saturated heterocycles. The summed E-state index contributed by atoms with van der Waals surface area (Å²) in [6.45, 7) is 2.66. The van der Waals surface area contributed by atoms with Gasteiger partial charge in [-0.15, -0.1) is 0 Å². The van der Waals surface area contributed by atoms with Crippen LogP contribution in [0.25, 0.3) is 0 Å². The van der Waals surface area contributed by atoms with E-state index in [4.69, 9.17) is 5.73 Å². The van der Waals surface area contributed by atoms with E-state index in [0.717, 1.165) is 44.6 Å². The summed E-state index contributed by atoms with van der Waals surface area (Å²) in [5, 5.41) is 3.36. The van der Waals surface area contributed by atoms with E-state index >= 15 is 0 Å². The van der Waals surface area contributed by atoms with Crippen LogP contribution in [0.2, 0.25) is 0 Å². The Labute approximate surface area is 113 Å². The van der Waals surface area contributed by atoms with Crippen molar-refractivity contribution in [2.45, 2.75) is 19.3 Å². The summed E-state index contributed by atoms with van der Waals surface area (Å²) < 4.78 is 0. The molecule has 1 saturated carbocycles. The number of amides is 1. The number of carbonyl (C=O) groups is 1. The Kier molecular flexibility index (Phi) is 3.27. The highest BCUT2D eigenvalue weighted by atomic mass is 16.2. The molecule has 3 rings (SSSR count). The summed E-state index contributed by atoms with van der Waals surface area (Å²) in [4.78, 5) is 18.0. The summed E-state index contributed by atoms with van der Waals surface area (Å²) >= 11 is 0. The van der Waals surface area contributed by atoms with E-state index in [9.17, 15) is 4.79 Å². The lowest BCUT2D eigenvalue weighted by Gasteiger charge is -2.17. The summed E-state index contributed by atoms with van der Waals surface area (Å²) in [5.41, 5.74) is 7.44. The minimum Gasteiger partial charge on any atom is -0.396 e. The first-order valence-corrected chi connectivity index (χ1v) is 6.96. The zero-order chi connectivity index (χ0) is 13.2. The van der Waals surface area contributed by atoms with Crippen molar-refractivity contribution in [1.82, 2.24) is 9.88 Å². The highest BCUT2D eigenvalue weighted by Gasteiger charge is 2.36. The highest BCUT2D eigenvalue weighted by molar-refractivity contribution is 5.81. The molecule has 2 aliphatic rings. The molecule has 2 fully saturated rings. The number of anilines is 2. The Morgan fingerprint density at radius 2 is 2.32 bits per heavy atom. The largest absolute Gasteiger partial charge is 0.396 e. The maximum Gasteiger partial charge on any atom is 0.225 e. The third-order valence-corrected chi connectivity index (χ3v) is 3.96. The van der Waals surface area contributed by atoms with Gasteiger partial charge >= 0.3 is 0 Å². The second-order valence-corrected chi connectivity index (χ2v) is 5.56. The van der Waals surface area contributed by atoms with Crippen LogP contribution < -0.4 is 11.1 Å². The van der Waals surface area contributed by atoms with Gasteiger partial charge in [0.05, 0.1) is 17.6 Å². The van der Waals surface area contributed by atoms with Gasteiger partial charge in [-0.05, 0) is 31.2 Å². The van der Waals surface area contributed by atoms with Crippen molar-refractivity contribution in [2.24, 2.45) is 11.8 Å². The molecule has 1 aliphatic carbocycles. The monoisotopic (exact) mass is 260 g/mol. The molecule has 0 spiro atoms. The molecule has 1 atom stereocenters. The number of aromatic nitrogens is 1. The van der Waals surface area contributed by atoms with Gasteiger partial charge in [0.15, 0.2) is 0 Å². The average molecular weight is 260 g/mol. The molecule has 1 amide bonds. The highest BCUT2D eigenvalue weighted by Crippen LogP contribution is 2.33. The SMILES string of the molecule is Nc1cnccc1NCC1CCN(C(=O)C2CC2)C1. The Hall–Kier alpha value is -1.78. The molecule has 5 heteroatoms. The van der Waals surface area contributed by atoms with Crippen LogP contribution in [-0.4, -0.2) is 35.4 Å². The molecule has 0 bridgehead atoms. The number of rotatable bonds is 4. The van der Waals surface area contributed by atoms with Gasteiger partial charge in [0.1, 0.15) is 0 Å². The van der Waals surface area contributed by atoms with Crippen LogP contribution in [0.4, 0.5) is 11.4 Å². The molecule has 5 nitrogen and oxygen atoms in total. The van der Waals surface area contributed by atoms with Gasteiger partial charge in [-0.2, -0.15) is 0 Å². The van der Waals surface area contributed by atoms with Crippen LogP contribution in [0.5, 0.6) is 0 Å². The van der Waals surface area contributed by atoms with Crippen LogP contribution in [0.3, 0.4) is 0 Å². The number of nitrogens with two attached hydrogens (primary N) is 1. The first-order valence-electron chi connectivity index (χ1n) is 6.96. The quantitative estimate of drug-likeness (QED) is 0.857. The lowest BCUT2D eigenvalue weighted by Crippen LogP contribution is -2.30. The first kappa shape index (κ1) is 12.3. The Morgan fingerprint density at radius 3 is 3.05 bits per heavy atom. The van der Waals surface area contributed by atoms with Gasteiger partial charge in [0.2, 0.25) is 5.91 Å². The van der Waals surface area contributed by atoms with Gasteiger partial charge in [-0.3, -0.25) is 9.78 Å². The summed E-state index contributed by atoms with van der Waals surface area (Å²) in [7, 11) is 0. The molecule has 19 heavy (non-hydrogen) atoms. The van der Waals surface area contributed by atoms with E-state index in [1.54, 1.807) is 12.4 Å². The van der Waals surface area contributed by atoms with Crippen LogP contribution >= 0.6 is 0 Å². The van der Waals surface area contributed by atoms with Gasteiger partial charge in [0.25, 0.3) is 0 Å². The van der Waals surface area contributed by atoms with E-state index in [1.807, 2.05) is 11.0 Å². The normalized spacial score (nSPS) is 22.5. The number of nitrogens with one attached hydrogen (secondary N) is 1. The Balaban J connectivity index is 1.49. The maximum absolute atomic E-state index is 12.0. The van der Waals surface area contributed by atoms with Crippen molar-refractivity contribution in [2.75, 3.05) is 30.7 Å². The van der Waals surface area contributed by atoms with Gasteiger partial charge in [0, 0.05) is 31.7 Å². The number of nitrogens with zero attached hydrogens (tertiary/aromatic N) is 2. The van der Waals surface area contributed by atoms with Crippen LogP contribution in [0.1, 0.15) is 19.3 Å². The van der Waals surface area contributed by atoms with Crippen molar-refractivity contribution < 1.29 is 4.79 Å². The maximum atomic E-state index is 12.0. The van der Waals surface area contributed by atoms with Crippen molar-refractivity contribution in [1.29, 1.82) is 0 Å². The van der Waals surface area contributed by atoms with Crippen molar-refractivity contribution >= 4 is 17.3 Å². The first-order chi connectivity index (χ1) is 9.24. The fourth-order valence-corrected chi connectivity index (χ4v) is 2.61. The predicted molar refractivity (Wildman–Crippen MR) is 74.6 cm³/mol. The Morgan fingerprint density at radius 1 is 1.47 bits per heavy atom. The van der Waals surface area contributed by atoms with E-state index in [1.165, 1.54) is 0 Å². The molecule has 1 aromatic heterocycles. The van der Waals surface area contributed by atoms with E-state index in [0.29, 0.717) is 23.4 Å². The topological polar surface area (TPSA) is 71.2 Å². The van der Waals surface area contributed by atoms with Gasteiger partial charge < -0.3 is 16.0 Å². The number of carbonyl (C=O) groups excluding carboxylic acids is 1. The average Bonchev–Trinajstić information content (AvgIpc) is 3.16. The second kappa shape index (κ2) is 5.07. The van der Waals surface area contributed by atoms with Crippen molar-refractivity contribution in [3.8, 4) is 0 Å². The van der Waals surface area contributed by atoms with Crippen molar-refractivity contribution in [3.05, 3.63) is 18.5 Å². The van der Waals surface area contributed by atoms with Crippen LogP contribution in [0.15, 0.2) is 18.5 Å². The number of pyridine rings is 1. The standard InChI is InChI=1S/C14H20N4O/c15-12-8-16-5-3-13(12)17-7-10-4-6-18(9-10)14(19)11-1-2-11/h3,5,8,10-11H,1-2,4,6-7,9,15H2,(H,16,17). The number of hydrogen-bond donors (Lipinski definition) is 2. The van der Waals surface area contributed by atoms with Crippen molar-refractivity contribution in [3.63, 3.8) is 0 Å². The zero-order valence-electron chi connectivity index (χ0n) is 11.0. The van der Waals surface area contributed by atoms with Crippen LogP contribution in [0, 0.1) is 11.8 Å². The fraction of sp³-hybridized carbons (Fsp3) is 0.571. The summed E-state index contributed by atoms with van der Waals surface area (Å²) in [6, 6.07) is 1.89. The Bertz CT molecular complexity index is 472. The smallest absolute Gasteiger partial charge is 0.225 e. The molecule has 1 unspecified atom stereocenters. The van der Waals surface area contributed by atoms with Crippen LogP contribution in [-0.2, 0) is 4.79 Å². The van der Waals surface area contributed by atoms with E-state index in [2.05, 4.69) is 10.3 Å². The zero-order valence-corrected chi connectivity index (χ0v) is 11.0. The molecule has 1 aliphatic heterocycles. The minimum atomic E-state index is 0.336. The fourth-order valence-electron chi connectivity index (χ4n) is 2.61. The lowest BCUT2D eigenvalue weighted by molar-refractivity contribution is -0.131. The molecule has 2 heterocycles. The number of nitrogen functional groups attached to an aromatic ring is 1. The number of likely N-dealkylation sites (tertiary alicyclic amines) is 1. The molecular formula is C14H20N4O. The van der Waals surface area contributed by atoms with E-state index < -0.39 is 0 Å². The predicted octanol–water partition coefficient (Wildman–Crippen LogP) is 1.33. The molecule has 3 N–H and O–H groups in total. The molecule has 102 valence electrons. The second-order valence-electron chi connectivity index (χ2n) is 5.56. The summed E-state index contributed by atoms with van der Waals surface area (Å²) in [5.74, 6) is 1.23. The number of hydrogen-bond acceptors (Lipinski definition) is 4. The molecule has 1 aromatic rings. The summed E-state index contributed by atoms with van der Waals surface area (Å²) in [6.07, 6.45) is 6.64.